The Hall–Kier alpha value is 0.0600. The smallest absolute Gasteiger partial charge is 0.133 e. The van der Waals surface area contributed by atoms with Crippen LogP contribution in [0.3, 0.4) is 0 Å². The fraction of sp³-hybridized carbons (Fsp3) is 0.600. The van der Waals surface area contributed by atoms with Gasteiger partial charge in [-0.15, -0.1) is 11.8 Å². The average molecular weight is 214 g/mol. The second kappa shape index (κ2) is 4.06. The van der Waals surface area contributed by atoms with Gasteiger partial charge in [-0.2, -0.15) is 0 Å². The van der Waals surface area contributed by atoms with Crippen LogP contribution in [0.2, 0.25) is 0 Å². The van der Waals surface area contributed by atoms with Crippen LogP contribution in [0.5, 0.6) is 0 Å². The Morgan fingerprint density at radius 3 is 2.31 bits per heavy atom. The van der Waals surface area contributed by atoms with Crippen LogP contribution in [0.25, 0.3) is 0 Å². The summed E-state index contributed by atoms with van der Waals surface area (Å²) in [5.74, 6) is 3.90. The quantitative estimate of drug-likeness (QED) is 0.603. The van der Waals surface area contributed by atoms with Crippen LogP contribution >= 0.6 is 18.9 Å². The third-order valence-electron chi connectivity index (χ3n) is 2.89. The van der Waals surface area contributed by atoms with Gasteiger partial charge in [-0.1, -0.05) is 19.3 Å². The highest BCUT2D eigenvalue weighted by atomic mass is 32.2. The Bertz CT molecular complexity index is 261. The topological polar surface area (TPSA) is 17.1 Å². The summed E-state index contributed by atoms with van der Waals surface area (Å²) < 4.78 is 12.4. The number of hydrogen-bond acceptors (Lipinski definition) is 2. The Kier molecular flexibility index (Phi) is 3.00. The molecule has 3 heteroatoms. The molecule has 72 valence electrons. The molecule has 0 radical (unpaired) electrons. The average Bonchev–Trinajstić information content (AvgIpc) is 2.20. The van der Waals surface area contributed by atoms with E-state index in [9.17, 15) is 4.57 Å². The van der Waals surface area contributed by atoms with E-state index in [1.807, 2.05) is 22.5 Å². The van der Waals surface area contributed by atoms with Gasteiger partial charge in [-0.3, -0.25) is 0 Å². The van der Waals surface area contributed by atoms with Crippen molar-refractivity contribution in [1.29, 1.82) is 0 Å². The lowest BCUT2D eigenvalue weighted by molar-refractivity contribution is 0.489. The van der Waals surface area contributed by atoms with Crippen LogP contribution in [0.1, 0.15) is 32.1 Å². The van der Waals surface area contributed by atoms with Crippen molar-refractivity contribution in [2.45, 2.75) is 37.8 Å². The summed E-state index contributed by atoms with van der Waals surface area (Å²) in [5, 5.41) is 3.96. The molecule has 2 rings (SSSR count). The zero-order valence-electron chi connectivity index (χ0n) is 7.69. The molecule has 1 saturated carbocycles. The van der Waals surface area contributed by atoms with E-state index in [2.05, 4.69) is 0 Å². The molecule has 0 N–H and O–H groups in total. The highest BCUT2D eigenvalue weighted by Gasteiger charge is 2.29. The van der Waals surface area contributed by atoms with Gasteiger partial charge in [-0.05, 0) is 35.3 Å². The van der Waals surface area contributed by atoms with Crippen molar-refractivity contribution >= 4 is 18.9 Å². The molecular weight excluding hydrogens is 199 g/mol. The fourth-order valence-electron chi connectivity index (χ4n) is 2.08. The first kappa shape index (κ1) is 9.61. The monoisotopic (exact) mass is 214 g/mol. The molecule has 0 aromatic heterocycles. The highest BCUT2D eigenvalue weighted by Crippen LogP contribution is 2.60. The Balaban J connectivity index is 2.12. The molecule has 1 heterocycles. The minimum atomic E-state index is -2.07. The molecule has 1 nitrogen and oxygen atoms in total. The van der Waals surface area contributed by atoms with E-state index in [1.165, 1.54) is 19.3 Å². The van der Waals surface area contributed by atoms with E-state index in [1.54, 1.807) is 11.8 Å². The third-order valence-corrected chi connectivity index (χ3v) is 6.77. The van der Waals surface area contributed by atoms with Crippen LogP contribution in [0.15, 0.2) is 22.5 Å². The van der Waals surface area contributed by atoms with E-state index >= 15 is 0 Å². The van der Waals surface area contributed by atoms with Crippen LogP contribution < -0.4 is 0 Å². The molecule has 0 bridgehead atoms. The van der Waals surface area contributed by atoms with Gasteiger partial charge in [0.15, 0.2) is 0 Å². The van der Waals surface area contributed by atoms with Crippen molar-refractivity contribution in [3.63, 3.8) is 0 Å². The lowest BCUT2D eigenvalue weighted by Crippen LogP contribution is -2.11. The highest BCUT2D eigenvalue weighted by molar-refractivity contribution is 8.06. The van der Waals surface area contributed by atoms with Gasteiger partial charge in [0.2, 0.25) is 0 Å². The predicted octanol–water partition coefficient (Wildman–Crippen LogP) is 4.37. The van der Waals surface area contributed by atoms with E-state index in [0.29, 0.717) is 5.66 Å². The maximum absolute atomic E-state index is 12.4. The summed E-state index contributed by atoms with van der Waals surface area (Å²) in [5.41, 5.74) is 0.453. The summed E-state index contributed by atoms with van der Waals surface area (Å²) in [6.45, 7) is 0. The van der Waals surface area contributed by atoms with Crippen molar-refractivity contribution in [3.05, 3.63) is 22.5 Å². The lowest BCUT2D eigenvalue weighted by Gasteiger charge is -2.27. The van der Waals surface area contributed by atoms with Crippen molar-refractivity contribution in [1.82, 2.24) is 0 Å². The van der Waals surface area contributed by atoms with Gasteiger partial charge in [0.1, 0.15) is 7.14 Å². The van der Waals surface area contributed by atoms with Crippen molar-refractivity contribution in [3.8, 4) is 0 Å². The molecule has 0 saturated heterocycles. The van der Waals surface area contributed by atoms with Gasteiger partial charge in [0.25, 0.3) is 0 Å². The molecule has 0 atom stereocenters. The maximum Gasteiger partial charge on any atom is 0.133 e. The van der Waals surface area contributed by atoms with E-state index < -0.39 is 7.14 Å². The van der Waals surface area contributed by atoms with Crippen LogP contribution in [0.4, 0.5) is 0 Å². The summed E-state index contributed by atoms with van der Waals surface area (Å²) in [7, 11) is -2.07. The van der Waals surface area contributed by atoms with Gasteiger partial charge in [0.05, 0.1) is 0 Å². The van der Waals surface area contributed by atoms with Crippen molar-refractivity contribution in [2.24, 2.45) is 0 Å². The van der Waals surface area contributed by atoms with E-state index in [0.717, 1.165) is 12.8 Å². The number of thioether (sulfide) groups is 1. The minimum Gasteiger partial charge on any atom is -0.315 e. The van der Waals surface area contributed by atoms with Crippen molar-refractivity contribution < 1.29 is 4.57 Å². The summed E-state index contributed by atoms with van der Waals surface area (Å²) in [6.07, 6.45) is 6.19. The molecular formula is C10H15OPS. The van der Waals surface area contributed by atoms with Gasteiger partial charge < -0.3 is 4.57 Å². The molecule has 1 aliphatic carbocycles. The summed E-state index contributed by atoms with van der Waals surface area (Å²) in [6, 6.07) is 0. The summed E-state index contributed by atoms with van der Waals surface area (Å²) >= 11 is 1.63. The van der Waals surface area contributed by atoms with E-state index in [4.69, 9.17) is 0 Å². The van der Waals surface area contributed by atoms with Gasteiger partial charge in [0, 0.05) is 5.66 Å². The largest absolute Gasteiger partial charge is 0.315 e. The normalized spacial score (nSPS) is 27.7. The molecule has 0 aromatic carbocycles. The molecule has 1 fully saturated rings. The molecule has 13 heavy (non-hydrogen) atoms. The first-order valence-corrected chi connectivity index (χ1v) is 7.77. The summed E-state index contributed by atoms with van der Waals surface area (Å²) in [4.78, 5) is 0. The second-order valence-electron chi connectivity index (χ2n) is 3.76. The molecule has 0 amide bonds. The Labute approximate surface area is 84.0 Å². The fourth-order valence-corrected chi connectivity index (χ4v) is 6.02. The zero-order chi connectivity index (χ0) is 9.15. The SMILES string of the molecule is O=P1(C2CCCCC2)C=CSC=C1. The second-order valence-corrected chi connectivity index (χ2v) is 7.43. The number of rotatable bonds is 1. The third kappa shape index (κ3) is 2.11. The zero-order valence-corrected chi connectivity index (χ0v) is 9.40. The Morgan fingerprint density at radius 1 is 1.08 bits per heavy atom. The standard InChI is InChI=1S/C10H15OPS/c11-12(6-8-13-9-7-12)10-4-2-1-3-5-10/h6-10H,1-5H2. The first-order valence-electron chi connectivity index (χ1n) is 4.91. The molecule has 0 unspecified atom stereocenters. The molecule has 1 aliphatic heterocycles. The van der Waals surface area contributed by atoms with Gasteiger partial charge in [-0.25, -0.2) is 0 Å². The first-order chi connectivity index (χ1) is 6.31. The number of hydrogen-bond donors (Lipinski definition) is 0. The van der Waals surface area contributed by atoms with Crippen LogP contribution in [0, 0.1) is 0 Å². The molecule has 2 aliphatic rings. The van der Waals surface area contributed by atoms with E-state index in [-0.39, 0.29) is 0 Å². The van der Waals surface area contributed by atoms with Crippen LogP contribution in [-0.4, -0.2) is 5.66 Å². The molecule has 0 aromatic rings. The Morgan fingerprint density at radius 2 is 1.69 bits per heavy atom. The molecule has 0 spiro atoms. The van der Waals surface area contributed by atoms with Crippen molar-refractivity contribution in [2.75, 3.05) is 0 Å². The lowest BCUT2D eigenvalue weighted by atomic mass is 10.0. The predicted molar refractivity (Wildman–Crippen MR) is 60.4 cm³/mol. The minimum absolute atomic E-state index is 0.453. The van der Waals surface area contributed by atoms with Gasteiger partial charge >= 0.3 is 0 Å². The van der Waals surface area contributed by atoms with Crippen LogP contribution in [-0.2, 0) is 4.57 Å². The maximum atomic E-state index is 12.4.